The number of hydrogen-bond donors (Lipinski definition) is 2. The van der Waals surface area contributed by atoms with Crippen LogP contribution in [0.4, 0.5) is 6.01 Å². The molecule has 3 atom stereocenters. The van der Waals surface area contributed by atoms with E-state index in [9.17, 15) is 14.7 Å². The van der Waals surface area contributed by atoms with Crippen LogP contribution in [-0.2, 0) is 9.59 Å². The molecule has 1 aromatic heterocycles. The monoisotopic (exact) mass is 293 g/mol. The number of nitrogens with one attached hydrogen (secondary N) is 1. The zero-order valence-corrected chi connectivity index (χ0v) is 11.9. The summed E-state index contributed by atoms with van der Waals surface area (Å²) in [5.74, 6) is -1.22. The second kappa shape index (κ2) is 5.46. The first-order valence-electron chi connectivity index (χ1n) is 7.45. The minimum Gasteiger partial charge on any atom is -0.481 e. The molecule has 0 aliphatic heterocycles. The van der Waals surface area contributed by atoms with Crippen LogP contribution in [0.2, 0.25) is 0 Å². The van der Waals surface area contributed by atoms with Gasteiger partial charge < -0.3 is 9.52 Å². The van der Waals surface area contributed by atoms with Crippen LogP contribution >= 0.6 is 0 Å². The molecule has 0 saturated heterocycles. The average Bonchev–Trinajstić information content (AvgIpc) is 3.03. The van der Waals surface area contributed by atoms with E-state index < -0.39 is 17.8 Å². The lowest BCUT2D eigenvalue weighted by Crippen LogP contribution is -2.30. The van der Waals surface area contributed by atoms with Crippen molar-refractivity contribution in [3.05, 3.63) is 5.89 Å². The molecule has 7 heteroatoms. The summed E-state index contributed by atoms with van der Waals surface area (Å²) < 4.78 is 5.39. The third-order valence-corrected chi connectivity index (χ3v) is 4.49. The molecule has 2 fully saturated rings. The van der Waals surface area contributed by atoms with E-state index >= 15 is 0 Å². The molecular formula is C14H19N3O4. The predicted octanol–water partition coefficient (Wildman–Crippen LogP) is 2.02. The molecule has 2 saturated carbocycles. The highest BCUT2D eigenvalue weighted by atomic mass is 16.4. The second-order valence-electron chi connectivity index (χ2n) is 6.01. The number of aromatic nitrogens is 2. The maximum absolute atomic E-state index is 12.3. The van der Waals surface area contributed by atoms with E-state index in [2.05, 4.69) is 15.5 Å². The number of carboxylic acids is 1. The van der Waals surface area contributed by atoms with E-state index in [4.69, 9.17) is 4.42 Å². The predicted molar refractivity (Wildman–Crippen MR) is 72.5 cm³/mol. The minimum absolute atomic E-state index is 0.0750. The number of aliphatic carboxylic acids is 1. The number of amides is 1. The van der Waals surface area contributed by atoms with Crippen LogP contribution in [0.3, 0.4) is 0 Å². The molecule has 3 unspecified atom stereocenters. The number of hydrogen-bond acceptors (Lipinski definition) is 5. The second-order valence-corrected chi connectivity index (χ2v) is 6.01. The zero-order chi connectivity index (χ0) is 15.0. The third-order valence-electron chi connectivity index (χ3n) is 4.49. The summed E-state index contributed by atoms with van der Waals surface area (Å²) in [5.41, 5.74) is 0. The van der Waals surface area contributed by atoms with Crippen LogP contribution in [0.15, 0.2) is 4.42 Å². The molecule has 0 spiro atoms. The fourth-order valence-electron chi connectivity index (χ4n) is 3.02. The van der Waals surface area contributed by atoms with Gasteiger partial charge in [-0.1, -0.05) is 18.4 Å². The minimum atomic E-state index is -0.907. The Balaban J connectivity index is 1.66. The van der Waals surface area contributed by atoms with Gasteiger partial charge in [0.05, 0.1) is 11.8 Å². The first kappa shape index (κ1) is 14.0. The van der Waals surface area contributed by atoms with Gasteiger partial charge in [-0.05, 0) is 31.6 Å². The highest BCUT2D eigenvalue weighted by Crippen LogP contribution is 2.40. The van der Waals surface area contributed by atoms with Gasteiger partial charge in [-0.15, -0.1) is 5.10 Å². The molecule has 1 heterocycles. The normalized spacial score (nSPS) is 28.5. The summed E-state index contributed by atoms with van der Waals surface area (Å²) in [7, 11) is 0. The molecule has 1 amide bonds. The summed E-state index contributed by atoms with van der Waals surface area (Å²) in [6, 6.07) is 0.0750. The van der Waals surface area contributed by atoms with Crippen LogP contribution in [-0.4, -0.2) is 27.2 Å². The fourth-order valence-corrected chi connectivity index (χ4v) is 3.02. The molecule has 21 heavy (non-hydrogen) atoms. The van der Waals surface area contributed by atoms with Crippen LogP contribution in [0.5, 0.6) is 0 Å². The van der Waals surface area contributed by atoms with Gasteiger partial charge in [-0.3, -0.25) is 14.9 Å². The van der Waals surface area contributed by atoms with Gasteiger partial charge in [-0.25, -0.2) is 0 Å². The fraction of sp³-hybridized carbons (Fsp3) is 0.714. The lowest BCUT2D eigenvalue weighted by Gasteiger charge is -2.13. The van der Waals surface area contributed by atoms with Gasteiger partial charge >= 0.3 is 12.0 Å². The highest BCUT2D eigenvalue weighted by Gasteiger charge is 2.42. The van der Waals surface area contributed by atoms with Crippen LogP contribution in [0.1, 0.15) is 50.8 Å². The van der Waals surface area contributed by atoms with Crippen molar-refractivity contribution in [1.29, 1.82) is 0 Å². The molecule has 7 nitrogen and oxygen atoms in total. The standard InChI is InChI=1S/C14H19N3O4/c1-2-7-5-9(10(6-7)13(19)20)11(18)15-14-17-16-12(21-14)8-3-4-8/h7-10H,2-6H2,1H3,(H,19,20)(H,15,17,18). The van der Waals surface area contributed by atoms with Crippen LogP contribution < -0.4 is 5.32 Å². The molecule has 0 radical (unpaired) electrons. The van der Waals surface area contributed by atoms with Crippen molar-refractivity contribution in [2.75, 3.05) is 5.32 Å². The highest BCUT2D eigenvalue weighted by molar-refractivity contribution is 5.93. The maximum Gasteiger partial charge on any atom is 0.322 e. The van der Waals surface area contributed by atoms with Gasteiger partial charge in [-0.2, -0.15) is 0 Å². The van der Waals surface area contributed by atoms with Gasteiger partial charge in [0.2, 0.25) is 11.8 Å². The summed E-state index contributed by atoms with van der Waals surface area (Å²) in [6.07, 6.45) is 4.12. The quantitative estimate of drug-likeness (QED) is 0.860. The molecule has 114 valence electrons. The van der Waals surface area contributed by atoms with E-state index in [0.29, 0.717) is 24.7 Å². The van der Waals surface area contributed by atoms with Gasteiger partial charge in [0.1, 0.15) is 0 Å². The Morgan fingerprint density at radius 2 is 2.00 bits per heavy atom. The van der Waals surface area contributed by atoms with Crippen molar-refractivity contribution in [3.8, 4) is 0 Å². The van der Waals surface area contributed by atoms with Gasteiger partial charge in [0, 0.05) is 5.92 Å². The first-order chi connectivity index (χ1) is 10.1. The summed E-state index contributed by atoms with van der Waals surface area (Å²) in [5, 5.41) is 19.5. The van der Waals surface area contributed by atoms with Gasteiger partial charge in [0.15, 0.2) is 0 Å². The Kier molecular flexibility index (Phi) is 3.65. The topological polar surface area (TPSA) is 105 Å². The molecule has 2 aliphatic rings. The van der Waals surface area contributed by atoms with Crippen molar-refractivity contribution >= 4 is 17.9 Å². The van der Waals surface area contributed by atoms with E-state index in [-0.39, 0.29) is 17.8 Å². The number of rotatable bonds is 5. The smallest absolute Gasteiger partial charge is 0.322 e. The van der Waals surface area contributed by atoms with Crippen LogP contribution in [0, 0.1) is 17.8 Å². The number of nitrogens with zero attached hydrogens (tertiary/aromatic N) is 2. The molecular weight excluding hydrogens is 274 g/mol. The van der Waals surface area contributed by atoms with E-state index in [1.54, 1.807) is 0 Å². The summed E-state index contributed by atoms with van der Waals surface area (Å²) in [6.45, 7) is 2.02. The molecule has 3 rings (SSSR count). The number of anilines is 1. The number of carboxylic acid groups (broad SMARTS) is 1. The first-order valence-corrected chi connectivity index (χ1v) is 7.45. The van der Waals surface area contributed by atoms with Crippen molar-refractivity contribution in [3.63, 3.8) is 0 Å². The van der Waals surface area contributed by atoms with Crippen LogP contribution in [0.25, 0.3) is 0 Å². The van der Waals surface area contributed by atoms with Gasteiger partial charge in [0.25, 0.3) is 0 Å². The molecule has 2 aliphatic carbocycles. The summed E-state index contributed by atoms with van der Waals surface area (Å²) >= 11 is 0. The Labute approximate surface area is 122 Å². The van der Waals surface area contributed by atoms with Crippen molar-refractivity contribution < 1.29 is 19.1 Å². The Morgan fingerprint density at radius 1 is 1.29 bits per heavy atom. The van der Waals surface area contributed by atoms with E-state index in [1.165, 1.54) is 0 Å². The summed E-state index contributed by atoms with van der Waals surface area (Å²) in [4.78, 5) is 23.6. The average molecular weight is 293 g/mol. The lowest BCUT2D eigenvalue weighted by molar-refractivity contribution is -0.145. The van der Waals surface area contributed by atoms with E-state index in [0.717, 1.165) is 19.3 Å². The number of carbonyl (C=O) groups excluding carboxylic acids is 1. The SMILES string of the molecule is CCC1CC(C(=O)O)C(C(=O)Nc2nnc(C3CC3)o2)C1. The molecule has 0 aromatic carbocycles. The number of carbonyl (C=O) groups is 2. The molecule has 1 aromatic rings. The van der Waals surface area contributed by atoms with Crippen molar-refractivity contribution in [2.24, 2.45) is 17.8 Å². The van der Waals surface area contributed by atoms with Crippen molar-refractivity contribution in [1.82, 2.24) is 10.2 Å². The molecule has 2 N–H and O–H groups in total. The van der Waals surface area contributed by atoms with E-state index in [1.807, 2.05) is 6.92 Å². The Hall–Kier alpha value is -1.92. The van der Waals surface area contributed by atoms with Crippen molar-refractivity contribution in [2.45, 2.75) is 44.9 Å². The Morgan fingerprint density at radius 3 is 2.62 bits per heavy atom. The zero-order valence-electron chi connectivity index (χ0n) is 11.9. The third kappa shape index (κ3) is 2.91. The Bertz CT molecular complexity index is 552. The maximum atomic E-state index is 12.3. The largest absolute Gasteiger partial charge is 0.481 e. The molecule has 0 bridgehead atoms. The lowest BCUT2D eigenvalue weighted by atomic mass is 9.95.